The number of fused-ring (bicyclic) bond motifs is 1. The number of aromatic nitrogens is 2. The predicted octanol–water partition coefficient (Wildman–Crippen LogP) is 5.97. The number of halogens is 1. The minimum Gasteiger partial charge on any atom is -0.265 e. The summed E-state index contributed by atoms with van der Waals surface area (Å²) in [6, 6.07) is 12.5. The fourth-order valence-corrected chi connectivity index (χ4v) is 4.49. The van der Waals surface area contributed by atoms with Crippen molar-refractivity contribution in [3.63, 3.8) is 0 Å². The van der Waals surface area contributed by atoms with Gasteiger partial charge in [-0.3, -0.25) is 4.98 Å². The molecular formula is C17H13BrN2S2. The zero-order valence-corrected chi connectivity index (χ0v) is 15.2. The Morgan fingerprint density at radius 3 is 2.55 bits per heavy atom. The zero-order chi connectivity index (χ0) is 14.2. The van der Waals surface area contributed by atoms with Gasteiger partial charge in [0.25, 0.3) is 0 Å². The first-order valence-electron chi connectivity index (χ1n) is 6.67. The average molecular weight is 389 g/mol. The van der Waals surface area contributed by atoms with Crippen LogP contribution in [0.25, 0.3) is 31.2 Å². The van der Waals surface area contributed by atoms with E-state index in [1.165, 1.54) is 20.5 Å². The summed E-state index contributed by atoms with van der Waals surface area (Å²) < 4.78 is 1.32. The number of aryl methyl sites for hydroxylation is 1. The van der Waals surface area contributed by atoms with Gasteiger partial charge in [-0.25, -0.2) is 4.98 Å². The molecule has 0 saturated heterocycles. The maximum Gasteiger partial charge on any atom is 0.124 e. The van der Waals surface area contributed by atoms with E-state index in [0.29, 0.717) is 0 Å². The van der Waals surface area contributed by atoms with E-state index in [4.69, 9.17) is 4.98 Å². The summed E-state index contributed by atoms with van der Waals surface area (Å²) >= 11 is 3.50. The van der Waals surface area contributed by atoms with Crippen molar-refractivity contribution >= 4 is 49.7 Å². The van der Waals surface area contributed by atoms with Gasteiger partial charge >= 0.3 is 0 Å². The predicted molar refractivity (Wildman–Crippen MR) is 101 cm³/mol. The van der Waals surface area contributed by atoms with Crippen LogP contribution in [0.5, 0.6) is 0 Å². The van der Waals surface area contributed by atoms with Crippen molar-refractivity contribution in [2.45, 2.75) is 6.92 Å². The lowest BCUT2D eigenvalue weighted by Crippen LogP contribution is -1.79. The third-order valence-electron chi connectivity index (χ3n) is 3.51. The lowest BCUT2D eigenvalue weighted by atomic mass is 10.1. The van der Waals surface area contributed by atoms with E-state index in [1.54, 1.807) is 23.7 Å². The maximum absolute atomic E-state index is 4.81. The van der Waals surface area contributed by atoms with E-state index in [2.05, 4.69) is 41.6 Å². The number of pyridine rings is 1. The van der Waals surface area contributed by atoms with E-state index in [9.17, 15) is 0 Å². The van der Waals surface area contributed by atoms with E-state index >= 15 is 0 Å². The molecule has 1 aromatic carbocycles. The van der Waals surface area contributed by atoms with Gasteiger partial charge in [-0.2, -0.15) is 0 Å². The van der Waals surface area contributed by atoms with Crippen LogP contribution < -0.4 is 0 Å². The Labute approximate surface area is 147 Å². The highest BCUT2D eigenvalue weighted by Gasteiger charge is 2.13. The van der Waals surface area contributed by atoms with E-state index in [-0.39, 0.29) is 17.0 Å². The summed E-state index contributed by atoms with van der Waals surface area (Å²) in [5, 5.41) is 4.52. The van der Waals surface area contributed by atoms with E-state index in [0.717, 1.165) is 16.3 Å². The van der Waals surface area contributed by atoms with Crippen LogP contribution in [-0.2, 0) is 0 Å². The van der Waals surface area contributed by atoms with Crippen molar-refractivity contribution in [3.8, 4) is 21.1 Å². The van der Waals surface area contributed by atoms with Crippen molar-refractivity contribution in [3.05, 3.63) is 59.7 Å². The second-order valence-electron chi connectivity index (χ2n) is 4.83. The lowest BCUT2D eigenvalue weighted by Gasteiger charge is -1.95. The Morgan fingerprint density at radius 1 is 1.00 bits per heavy atom. The number of thiazole rings is 1. The largest absolute Gasteiger partial charge is 0.265 e. The van der Waals surface area contributed by atoms with Crippen LogP contribution in [0.4, 0.5) is 0 Å². The number of nitrogens with zero attached hydrogens (tertiary/aromatic N) is 2. The van der Waals surface area contributed by atoms with Crippen molar-refractivity contribution in [1.82, 2.24) is 9.97 Å². The molecule has 5 heteroatoms. The fraction of sp³-hybridized carbons (Fsp3) is 0.0588. The van der Waals surface area contributed by atoms with Gasteiger partial charge < -0.3 is 0 Å². The molecular weight excluding hydrogens is 376 g/mol. The maximum atomic E-state index is 4.81. The van der Waals surface area contributed by atoms with Gasteiger partial charge in [-0.05, 0) is 36.1 Å². The molecule has 0 fully saturated rings. The first kappa shape index (κ1) is 15.3. The van der Waals surface area contributed by atoms with Crippen LogP contribution in [0.1, 0.15) is 5.56 Å². The molecule has 0 spiro atoms. The summed E-state index contributed by atoms with van der Waals surface area (Å²) in [5.41, 5.74) is 3.52. The smallest absolute Gasteiger partial charge is 0.124 e. The first-order valence-corrected chi connectivity index (χ1v) is 8.37. The molecule has 22 heavy (non-hydrogen) atoms. The van der Waals surface area contributed by atoms with Gasteiger partial charge in [0.2, 0.25) is 0 Å². The number of hydrogen-bond donors (Lipinski definition) is 0. The highest BCUT2D eigenvalue weighted by molar-refractivity contribution is 8.93. The number of benzene rings is 1. The molecule has 4 aromatic rings. The molecule has 0 amide bonds. The molecule has 4 rings (SSSR count). The Hall–Kier alpha value is -1.56. The van der Waals surface area contributed by atoms with Crippen molar-refractivity contribution in [1.29, 1.82) is 0 Å². The van der Waals surface area contributed by atoms with Gasteiger partial charge in [0.1, 0.15) is 5.01 Å². The Bertz CT molecular complexity index is 913. The van der Waals surface area contributed by atoms with Crippen molar-refractivity contribution in [2.24, 2.45) is 0 Å². The van der Waals surface area contributed by atoms with Gasteiger partial charge in [-0.1, -0.05) is 18.2 Å². The SMILES string of the molecule is Br.Cc1c(-c2csc(-c3ccncc3)n2)sc2ccccc12. The minimum atomic E-state index is 0. The molecule has 0 N–H and O–H groups in total. The molecule has 0 aliphatic rings. The molecule has 0 aliphatic heterocycles. The van der Waals surface area contributed by atoms with Crippen LogP contribution in [-0.4, -0.2) is 9.97 Å². The summed E-state index contributed by atoms with van der Waals surface area (Å²) in [6.07, 6.45) is 3.61. The molecule has 3 heterocycles. The van der Waals surface area contributed by atoms with Crippen LogP contribution in [0.2, 0.25) is 0 Å². The number of rotatable bonds is 2. The molecule has 3 aromatic heterocycles. The molecule has 0 bridgehead atoms. The third kappa shape index (κ3) is 2.60. The van der Waals surface area contributed by atoms with Crippen LogP contribution in [0, 0.1) is 6.92 Å². The molecule has 110 valence electrons. The second kappa shape index (κ2) is 6.28. The van der Waals surface area contributed by atoms with Crippen molar-refractivity contribution < 1.29 is 0 Å². The summed E-state index contributed by atoms with van der Waals surface area (Å²) in [7, 11) is 0. The highest BCUT2D eigenvalue weighted by atomic mass is 79.9. The normalized spacial score (nSPS) is 10.6. The fourth-order valence-electron chi connectivity index (χ4n) is 2.42. The third-order valence-corrected chi connectivity index (χ3v) is 5.69. The van der Waals surface area contributed by atoms with Crippen LogP contribution in [0.15, 0.2) is 54.2 Å². The Kier molecular flexibility index (Phi) is 4.38. The van der Waals surface area contributed by atoms with Gasteiger partial charge in [0, 0.05) is 28.0 Å². The van der Waals surface area contributed by atoms with Crippen LogP contribution >= 0.6 is 39.7 Å². The molecule has 2 nitrogen and oxygen atoms in total. The quantitative estimate of drug-likeness (QED) is 0.422. The number of thiophene rings is 1. The van der Waals surface area contributed by atoms with Crippen molar-refractivity contribution in [2.75, 3.05) is 0 Å². The Morgan fingerprint density at radius 2 is 1.77 bits per heavy atom. The average Bonchev–Trinajstić information content (AvgIpc) is 3.14. The topological polar surface area (TPSA) is 25.8 Å². The molecule has 0 unspecified atom stereocenters. The van der Waals surface area contributed by atoms with E-state index in [1.807, 2.05) is 23.5 Å². The molecule has 0 aliphatic carbocycles. The Balaban J connectivity index is 0.00000144. The van der Waals surface area contributed by atoms with Gasteiger partial charge in [0.05, 0.1) is 10.6 Å². The summed E-state index contributed by atoms with van der Waals surface area (Å²) in [6.45, 7) is 2.18. The van der Waals surface area contributed by atoms with E-state index < -0.39 is 0 Å². The van der Waals surface area contributed by atoms with Gasteiger partial charge in [-0.15, -0.1) is 39.7 Å². The minimum absolute atomic E-state index is 0. The second-order valence-corrected chi connectivity index (χ2v) is 6.74. The number of hydrogen-bond acceptors (Lipinski definition) is 4. The lowest BCUT2D eigenvalue weighted by molar-refractivity contribution is 1.32. The molecule has 0 atom stereocenters. The zero-order valence-electron chi connectivity index (χ0n) is 11.8. The monoisotopic (exact) mass is 388 g/mol. The summed E-state index contributed by atoms with van der Waals surface area (Å²) in [5.74, 6) is 0. The van der Waals surface area contributed by atoms with Gasteiger partial charge in [0.15, 0.2) is 0 Å². The van der Waals surface area contributed by atoms with Crippen LogP contribution in [0.3, 0.4) is 0 Å². The molecule has 0 saturated carbocycles. The summed E-state index contributed by atoms with van der Waals surface area (Å²) in [4.78, 5) is 10.1. The standard InChI is InChI=1S/C17H12N2S2.BrH/c1-11-13-4-2-3-5-15(13)21-16(11)14-10-20-17(19-14)12-6-8-18-9-7-12;/h2-10H,1H3;1H. The first-order chi connectivity index (χ1) is 10.3. The molecule has 0 radical (unpaired) electrons. The highest BCUT2D eigenvalue weighted by Crippen LogP contribution is 2.39.